The predicted octanol–water partition coefficient (Wildman–Crippen LogP) is 2.42. The van der Waals surface area contributed by atoms with Crippen LogP contribution >= 0.6 is 15.9 Å². The number of aryl methyl sites for hydroxylation is 1. The molecule has 0 aromatic heterocycles. The number of benzene rings is 1. The van der Waals surface area contributed by atoms with Crippen LogP contribution in [0.2, 0.25) is 0 Å². The van der Waals surface area contributed by atoms with Crippen LogP contribution in [0.15, 0.2) is 22.7 Å². The molecular weight excluding hydrogens is 252 g/mol. The summed E-state index contributed by atoms with van der Waals surface area (Å²) >= 11 is 3.55. The minimum atomic E-state index is 1.09. The molecule has 82 valence electrons. The van der Waals surface area contributed by atoms with E-state index in [2.05, 4.69) is 51.3 Å². The Kier molecular flexibility index (Phi) is 3.65. The number of piperazine rings is 1. The highest BCUT2D eigenvalue weighted by Crippen LogP contribution is 2.25. The fraction of sp³-hybridized carbons (Fsp3) is 0.500. The maximum absolute atomic E-state index is 3.55. The highest BCUT2D eigenvalue weighted by Gasteiger charge is 2.13. The first-order valence-electron chi connectivity index (χ1n) is 5.55. The molecule has 0 bridgehead atoms. The summed E-state index contributed by atoms with van der Waals surface area (Å²) < 4.78 is 1.17. The summed E-state index contributed by atoms with van der Waals surface area (Å²) in [5.74, 6) is 0. The van der Waals surface area contributed by atoms with Gasteiger partial charge in [0.1, 0.15) is 0 Å². The molecule has 0 saturated carbocycles. The van der Waals surface area contributed by atoms with Crippen LogP contribution in [0.1, 0.15) is 12.5 Å². The Morgan fingerprint density at radius 1 is 1.33 bits per heavy atom. The van der Waals surface area contributed by atoms with E-state index in [-0.39, 0.29) is 0 Å². The molecule has 0 unspecified atom stereocenters. The van der Waals surface area contributed by atoms with Gasteiger partial charge in [-0.3, -0.25) is 0 Å². The van der Waals surface area contributed by atoms with E-state index in [0.29, 0.717) is 0 Å². The van der Waals surface area contributed by atoms with Crippen LogP contribution in [0.5, 0.6) is 0 Å². The average Bonchev–Trinajstić information content (AvgIpc) is 2.30. The molecule has 2 rings (SSSR count). The number of anilines is 1. The topological polar surface area (TPSA) is 15.3 Å². The van der Waals surface area contributed by atoms with Crippen LogP contribution in [0.25, 0.3) is 0 Å². The Balaban J connectivity index is 2.27. The number of nitrogens with zero attached hydrogens (tertiary/aromatic N) is 1. The Morgan fingerprint density at radius 3 is 2.73 bits per heavy atom. The van der Waals surface area contributed by atoms with Gasteiger partial charge >= 0.3 is 0 Å². The highest BCUT2D eigenvalue weighted by molar-refractivity contribution is 9.10. The van der Waals surface area contributed by atoms with Gasteiger partial charge in [-0.2, -0.15) is 0 Å². The zero-order valence-corrected chi connectivity index (χ0v) is 10.7. The smallest absolute Gasteiger partial charge is 0.0410 e. The second-order valence-electron chi connectivity index (χ2n) is 3.86. The molecule has 0 atom stereocenters. The lowest BCUT2D eigenvalue weighted by atomic mass is 10.1. The third-order valence-corrected chi connectivity index (χ3v) is 3.38. The van der Waals surface area contributed by atoms with Gasteiger partial charge in [-0.25, -0.2) is 0 Å². The third kappa shape index (κ3) is 2.52. The summed E-state index contributed by atoms with van der Waals surface area (Å²) in [6.45, 7) is 6.63. The number of rotatable bonds is 2. The summed E-state index contributed by atoms with van der Waals surface area (Å²) in [5, 5.41) is 3.38. The van der Waals surface area contributed by atoms with Crippen LogP contribution < -0.4 is 10.2 Å². The minimum Gasteiger partial charge on any atom is -0.369 e. The lowest BCUT2D eigenvalue weighted by Gasteiger charge is -2.31. The summed E-state index contributed by atoms with van der Waals surface area (Å²) in [7, 11) is 0. The van der Waals surface area contributed by atoms with Crippen molar-refractivity contribution in [3.05, 3.63) is 28.2 Å². The third-order valence-electron chi connectivity index (χ3n) is 2.89. The van der Waals surface area contributed by atoms with E-state index in [0.717, 1.165) is 32.6 Å². The highest BCUT2D eigenvalue weighted by atomic mass is 79.9. The molecule has 0 aliphatic carbocycles. The number of halogens is 1. The van der Waals surface area contributed by atoms with Gasteiger partial charge in [-0.15, -0.1) is 0 Å². The second-order valence-corrected chi connectivity index (χ2v) is 4.78. The zero-order chi connectivity index (χ0) is 10.7. The van der Waals surface area contributed by atoms with Gasteiger partial charge in [-0.05, 0) is 24.1 Å². The van der Waals surface area contributed by atoms with E-state index >= 15 is 0 Å². The lowest BCUT2D eigenvalue weighted by Crippen LogP contribution is -2.43. The van der Waals surface area contributed by atoms with Gasteiger partial charge in [0.05, 0.1) is 0 Å². The number of hydrogen-bond acceptors (Lipinski definition) is 2. The normalized spacial score (nSPS) is 16.8. The fourth-order valence-corrected chi connectivity index (χ4v) is 2.39. The van der Waals surface area contributed by atoms with Crippen molar-refractivity contribution >= 4 is 21.6 Å². The summed E-state index contributed by atoms with van der Waals surface area (Å²) in [6.07, 6.45) is 1.10. The molecule has 1 aliphatic rings. The van der Waals surface area contributed by atoms with Gasteiger partial charge in [0.2, 0.25) is 0 Å². The van der Waals surface area contributed by atoms with Crippen molar-refractivity contribution in [1.29, 1.82) is 0 Å². The van der Waals surface area contributed by atoms with Gasteiger partial charge in [0, 0.05) is 36.3 Å². The van der Waals surface area contributed by atoms with Crippen LogP contribution in [-0.2, 0) is 6.42 Å². The van der Waals surface area contributed by atoms with Gasteiger partial charge in [-0.1, -0.05) is 28.9 Å². The van der Waals surface area contributed by atoms with Crippen LogP contribution in [0.4, 0.5) is 5.69 Å². The van der Waals surface area contributed by atoms with Crippen molar-refractivity contribution in [2.75, 3.05) is 31.1 Å². The van der Waals surface area contributed by atoms with Crippen molar-refractivity contribution < 1.29 is 0 Å². The molecule has 1 saturated heterocycles. The molecule has 0 amide bonds. The Hall–Kier alpha value is -0.540. The monoisotopic (exact) mass is 268 g/mol. The zero-order valence-electron chi connectivity index (χ0n) is 9.09. The van der Waals surface area contributed by atoms with Crippen LogP contribution in [0.3, 0.4) is 0 Å². The maximum atomic E-state index is 3.55. The molecule has 15 heavy (non-hydrogen) atoms. The Morgan fingerprint density at radius 2 is 2.07 bits per heavy atom. The first-order valence-corrected chi connectivity index (χ1v) is 6.34. The van der Waals surface area contributed by atoms with E-state index in [1.54, 1.807) is 0 Å². The summed E-state index contributed by atoms with van der Waals surface area (Å²) in [5.41, 5.74) is 2.84. The van der Waals surface area contributed by atoms with Crippen molar-refractivity contribution in [2.45, 2.75) is 13.3 Å². The predicted molar refractivity (Wildman–Crippen MR) is 68.6 cm³/mol. The first kappa shape index (κ1) is 11.0. The van der Waals surface area contributed by atoms with E-state index in [1.165, 1.54) is 15.7 Å². The van der Waals surface area contributed by atoms with Gasteiger partial charge < -0.3 is 10.2 Å². The molecule has 1 aromatic rings. The molecule has 1 N–H and O–H groups in total. The maximum Gasteiger partial charge on any atom is 0.0410 e. The van der Waals surface area contributed by atoms with Crippen molar-refractivity contribution in [3.63, 3.8) is 0 Å². The molecule has 1 aromatic carbocycles. The molecule has 0 radical (unpaired) electrons. The Bertz CT molecular complexity index is 332. The first-order chi connectivity index (χ1) is 7.31. The van der Waals surface area contributed by atoms with Gasteiger partial charge in [0.15, 0.2) is 0 Å². The van der Waals surface area contributed by atoms with Crippen molar-refractivity contribution in [2.24, 2.45) is 0 Å². The largest absolute Gasteiger partial charge is 0.369 e. The lowest BCUT2D eigenvalue weighted by molar-refractivity contribution is 0.588. The summed E-state index contributed by atoms with van der Waals surface area (Å²) in [6, 6.07) is 6.59. The SMILES string of the molecule is CCc1ccc(Br)cc1N1CCNCC1. The molecule has 1 heterocycles. The molecule has 1 fully saturated rings. The van der Waals surface area contributed by atoms with Crippen molar-refractivity contribution in [1.82, 2.24) is 5.32 Å². The molecule has 2 nitrogen and oxygen atoms in total. The van der Waals surface area contributed by atoms with Gasteiger partial charge in [0.25, 0.3) is 0 Å². The minimum absolute atomic E-state index is 1.09. The van der Waals surface area contributed by atoms with E-state index in [4.69, 9.17) is 0 Å². The van der Waals surface area contributed by atoms with E-state index in [1.807, 2.05) is 0 Å². The molecule has 0 spiro atoms. The molecular formula is C12H17BrN2. The van der Waals surface area contributed by atoms with E-state index in [9.17, 15) is 0 Å². The van der Waals surface area contributed by atoms with Crippen molar-refractivity contribution in [3.8, 4) is 0 Å². The number of nitrogens with one attached hydrogen (secondary N) is 1. The molecule has 3 heteroatoms. The quantitative estimate of drug-likeness (QED) is 0.887. The average molecular weight is 269 g/mol. The fourth-order valence-electron chi connectivity index (χ4n) is 2.04. The van der Waals surface area contributed by atoms with Crippen LogP contribution in [-0.4, -0.2) is 26.2 Å². The summed E-state index contributed by atoms with van der Waals surface area (Å²) in [4.78, 5) is 2.47. The van der Waals surface area contributed by atoms with Crippen LogP contribution in [0, 0.1) is 0 Å². The standard InChI is InChI=1S/C12H17BrN2/c1-2-10-3-4-11(13)9-12(10)15-7-5-14-6-8-15/h3-4,9,14H,2,5-8H2,1H3. The number of hydrogen-bond donors (Lipinski definition) is 1. The second kappa shape index (κ2) is 4.99. The molecule has 1 aliphatic heterocycles. The van der Waals surface area contributed by atoms with E-state index < -0.39 is 0 Å². The Labute approximate surface area is 99.8 Å².